The SMILES string of the molecule is COCc1cc(C(C)(C)C)ccc1C1=N[C@@](C)(c2ccc(Cl)cc2)[C@@](C)(c2ccc(Cl)cc2)N1C(=O)N1CCN(CCC[Si](C)(C)O)CC1. The number of hydrogen-bond donors (Lipinski definition) is 1. The van der Waals surface area contributed by atoms with Crippen molar-refractivity contribution in [2.75, 3.05) is 39.8 Å². The van der Waals surface area contributed by atoms with Crippen LogP contribution >= 0.6 is 23.2 Å². The van der Waals surface area contributed by atoms with Crippen LogP contribution in [0, 0.1) is 0 Å². The van der Waals surface area contributed by atoms with E-state index >= 15 is 4.79 Å². The first-order valence-electron chi connectivity index (χ1n) is 17.3. The van der Waals surface area contributed by atoms with Crippen molar-refractivity contribution in [3.8, 4) is 0 Å². The first-order chi connectivity index (χ1) is 23.0. The quantitative estimate of drug-likeness (QED) is 0.225. The highest BCUT2D eigenvalue weighted by Crippen LogP contribution is 2.53. The Bertz CT molecular complexity index is 1660. The van der Waals surface area contributed by atoms with Gasteiger partial charge in [0.25, 0.3) is 0 Å². The van der Waals surface area contributed by atoms with Crippen molar-refractivity contribution < 1.29 is 14.3 Å². The van der Waals surface area contributed by atoms with Gasteiger partial charge < -0.3 is 14.4 Å². The van der Waals surface area contributed by atoms with E-state index in [0.29, 0.717) is 35.6 Å². The molecule has 3 aromatic rings. The molecule has 2 heterocycles. The first-order valence-corrected chi connectivity index (χ1v) is 21.2. The summed E-state index contributed by atoms with van der Waals surface area (Å²) in [5.74, 6) is 0.616. The summed E-state index contributed by atoms with van der Waals surface area (Å²) in [5, 5.41) is 1.26. The Hall–Kier alpha value is -2.72. The van der Waals surface area contributed by atoms with Gasteiger partial charge in [-0.3, -0.25) is 14.8 Å². The first kappa shape index (κ1) is 37.5. The standard InChI is InChI=1S/C39H52Cl2N4O3Si/c1-37(2,3)31-14-19-34(28(26-31)27-48-6)35-42-38(4,29-10-15-32(40)16-11-29)39(5,30-12-17-33(41)18-13-30)45(35)36(46)44-23-21-43(22-24-44)20-9-25-49(7,8)47/h10-19,26,47H,9,20-25,27H2,1-8H3/t38-,39+/m0/s1. The average molecular weight is 724 g/mol. The second kappa shape index (κ2) is 14.5. The van der Waals surface area contributed by atoms with Crippen LogP contribution in [-0.4, -0.2) is 79.5 Å². The number of urea groups is 1. The molecule has 2 aliphatic heterocycles. The molecule has 1 fully saturated rings. The van der Waals surface area contributed by atoms with E-state index < -0.39 is 19.4 Å². The Morgan fingerprint density at radius 3 is 2.02 bits per heavy atom. The van der Waals surface area contributed by atoms with Crippen molar-refractivity contribution in [1.29, 1.82) is 0 Å². The summed E-state index contributed by atoms with van der Waals surface area (Å²) in [6.07, 6.45) is 0.966. The molecule has 49 heavy (non-hydrogen) atoms. The summed E-state index contributed by atoms with van der Waals surface area (Å²) in [4.78, 5) is 37.4. The van der Waals surface area contributed by atoms with Gasteiger partial charge in [0.15, 0.2) is 8.32 Å². The van der Waals surface area contributed by atoms with Gasteiger partial charge in [-0.05, 0) is 97.9 Å². The fourth-order valence-corrected chi connectivity index (χ4v) is 8.44. The van der Waals surface area contributed by atoms with E-state index in [-0.39, 0.29) is 11.4 Å². The van der Waals surface area contributed by atoms with Gasteiger partial charge in [-0.15, -0.1) is 0 Å². The van der Waals surface area contributed by atoms with Crippen LogP contribution in [0.4, 0.5) is 4.79 Å². The number of carbonyl (C=O) groups is 1. The van der Waals surface area contributed by atoms with Gasteiger partial charge in [0, 0.05) is 48.9 Å². The molecule has 1 saturated heterocycles. The second-order valence-corrected chi connectivity index (χ2v) is 20.5. The minimum atomic E-state index is -2.09. The van der Waals surface area contributed by atoms with Crippen LogP contribution in [0.1, 0.15) is 68.9 Å². The molecule has 2 aliphatic rings. The number of halogens is 2. The van der Waals surface area contributed by atoms with E-state index in [9.17, 15) is 4.80 Å². The normalized spacial score (nSPS) is 22.1. The van der Waals surface area contributed by atoms with Crippen molar-refractivity contribution in [3.63, 3.8) is 0 Å². The van der Waals surface area contributed by atoms with Crippen molar-refractivity contribution in [1.82, 2.24) is 14.7 Å². The highest BCUT2D eigenvalue weighted by molar-refractivity contribution is 6.69. The largest absolute Gasteiger partial charge is 0.432 e. The third-order valence-corrected chi connectivity index (χ3v) is 12.4. The minimum Gasteiger partial charge on any atom is -0.432 e. The summed E-state index contributed by atoms with van der Waals surface area (Å²) >= 11 is 12.8. The molecule has 0 bridgehead atoms. The number of piperazine rings is 1. The topological polar surface area (TPSA) is 68.6 Å². The van der Waals surface area contributed by atoms with Gasteiger partial charge in [-0.1, -0.05) is 86.4 Å². The lowest BCUT2D eigenvalue weighted by Crippen LogP contribution is -2.60. The Kier molecular flexibility index (Phi) is 11.1. The number of carbonyl (C=O) groups excluding carboxylic acids is 1. The van der Waals surface area contributed by atoms with Gasteiger partial charge in [0.2, 0.25) is 0 Å². The number of methoxy groups -OCH3 is 1. The maximum absolute atomic E-state index is 15.2. The van der Waals surface area contributed by atoms with E-state index in [1.165, 1.54) is 5.56 Å². The molecule has 0 aromatic heterocycles. The van der Waals surface area contributed by atoms with Gasteiger partial charge in [0.05, 0.1) is 6.61 Å². The molecule has 264 valence electrons. The lowest BCUT2D eigenvalue weighted by molar-refractivity contribution is 0.0867. The number of amidine groups is 1. The van der Waals surface area contributed by atoms with E-state index in [4.69, 9.17) is 32.9 Å². The Labute approximate surface area is 304 Å². The average Bonchev–Trinajstić information content (AvgIpc) is 3.28. The number of amides is 2. The summed E-state index contributed by atoms with van der Waals surface area (Å²) in [6.45, 7) is 18.9. The van der Waals surface area contributed by atoms with Gasteiger partial charge in [-0.25, -0.2) is 4.79 Å². The zero-order chi connectivity index (χ0) is 35.8. The number of nitrogens with zero attached hydrogens (tertiary/aromatic N) is 4. The highest BCUT2D eigenvalue weighted by atomic mass is 35.5. The van der Waals surface area contributed by atoms with Crippen molar-refractivity contribution in [3.05, 3.63) is 105 Å². The molecule has 0 aliphatic carbocycles. The monoisotopic (exact) mass is 722 g/mol. The fourth-order valence-electron chi connectivity index (χ4n) is 7.16. The van der Waals surface area contributed by atoms with Gasteiger partial charge >= 0.3 is 6.03 Å². The highest BCUT2D eigenvalue weighted by Gasteiger charge is 2.60. The maximum atomic E-state index is 15.2. The molecule has 5 rings (SSSR count). The molecule has 0 radical (unpaired) electrons. The van der Waals surface area contributed by atoms with Crippen LogP contribution in [0.3, 0.4) is 0 Å². The van der Waals surface area contributed by atoms with Crippen molar-refractivity contribution in [2.24, 2.45) is 4.99 Å². The summed E-state index contributed by atoms with van der Waals surface area (Å²) in [6, 6.07) is 22.8. The lowest BCUT2D eigenvalue weighted by atomic mass is 9.71. The predicted octanol–water partition coefficient (Wildman–Crippen LogP) is 8.66. The van der Waals surface area contributed by atoms with Crippen LogP contribution in [-0.2, 0) is 27.8 Å². The van der Waals surface area contributed by atoms with Crippen molar-refractivity contribution in [2.45, 2.75) is 83.3 Å². The minimum absolute atomic E-state index is 0.0710. The predicted molar refractivity (Wildman–Crippen MR) is 204 cm³/mol. The molecule has 0 saturated carbocycles. The zero-order valence-electron chi connectivity index (χ0n) is 30.3. The molecule has 7 nitrogen and oxygen atoms in total. The van der Waals surface area contributed by atoms with Crippen LogP contribution < -0.4 is 0 Å². The summed E-state index contributed by atoms with van der Waals surface area (Å²) < 4.78 is 5.76. The van der Waals surface area contributed by atoms with Crippen LogP contribution in [0.5, 0.6) is 0 Å². The smallest absolute Gasteiger partial charge is 0.326 e. The van der Waals surface area contributed by atoms with Gasteiger partial charge in [-0.2, -0.15) is 0 Å². The van der Waals surface area contributed by atoms with E-state index in [1.807, 2.05) is 71.4 Å². The van der Waals surface area contributed by atoms with Crippen LogP contribution in [0.25, 0.3) is 0 Å². The summed E-state index contributed by atoms with van der Waals surface area (Å²) in [7, 11) is -0.388. The van der Waals surface area contributed by atoms with E-state index in [2.05, 4.69) is 57.7 Å². The number of aliphatic imine (C=N–C) groups is 1. The van der Waals surface area contributed by atoms with E-state index in [0.717, 1.165) is 54.4 Å². The molecule has 3 aromatic carbocycles. The van der Waals surface area contributed by atoms with Gasteiger partial charge in [0.1, 0.15) is 16.9 Å². The number of rotatable bonds is 9. The Balaban J connectivity index is 1.64. The van der Waals surface area contributed by atoms with Crippen LogP contribution in [0.15, 0.2) is 71.7 Å². The molecule has 2 atom stereocenters. The molecule has 0 unspecified atom stereocenters. The van der Waals surface area contributed by atoms with Crippen molar-refractivity contribution >= 4 is 43.4 Å². The second-order valence-electron chi connectivity index (χ2n) is 15.5. The molecule has 0 spiro atoms. The van der Waals surface area contributed by atoms with E-state index in [1.54, 1.807) is 7.11 Å². The maximum Gasteiger partial charge on any atom is 0.326 e. The lowest BCUT2D eigenvalue weighted by Gasteiger charge is -2.47. The number of benzene rings is 3. The molecule has 2 amide bonds. The summed E-state index contributed by atoms with van der Waals surface area (Å²) in [5.41, 5.74) is 2.99. The number of ether oxygens (including phenoxy) is 1. The Morgan fingerprint density at radius 2 is 1.49 bits per heavy atom. The molecule has 1 N–H and O–H groups in total. The third kappa shape index (κ3) is 7.80. The fraction of sp³-hybridized carbons (Fsp3) is 0.487. The van der Waals surface area contributed by atoms with Crippen LogP contribution in [0.2, 0.25) is 29.2 Å². The molecular weight excluding hydrogens is 671 g/mol. The third-order valence-electron chi connectivity index (χ3n) is 10.4. The number of hydrogen-bond acceptors (Lipinski definition) is 5. The zero-order valence-corrected chi connectivity index (χ0v) is 32.8. The molecule has 10 heteroatoms. The molecular formula is C39H52Cl2N4O3Si. The Morgan fingerprint density at radius 1 is 0.918 bits per heavy atom.